The van der Waals surface area contributed by atoms with Gasteiger partial charge in [-0.1, -0.05) is 0 Å². The van der Waals surface area contributed by atoms with Crippen molar-refractivity contribution in [2.24, 2.45) is 0 Å². The Morgan fingerprint density at radius 1 is 1.28 bits per heavy atom. The number of amides is 1. The van der Waals surface area contributed by atoms with E-state index in [-0.39, 0.29) is 24.4 Å². The average Bonchev–Trinajstić information content (AvgIpc) is 2.28. The Hall–Kier alpha value is -2.11. The second-order valence-electron chi connectivity index (χ2n) is 3.88. The summed E-state index contributed by atoms with van der Waals surface area (Å²) in [6.45, 7) is 0. The second kappa shape index (κ2) is 6.58. The minimum absolute atomic E-state index is 0.0476. The number of benzene rings is 1. The number of unbranched alkanes of at least 4 members (excludes halogenated alkanes) is 1. The number of carboxylic acids is 1. The first-order valence-electron chi connectivity index (χ1n) is 5.55. The van der Waals surface area contributed by atoms with Crippen LogP contribution < -0.4 is 11.1 Å². The van der Waals surface area contributed by atoms with Crippen molar-refractivity contribution in [2.75, 3.05) is 11.1 Å². The highest BCUT2D eigenvalue weighted by atomic mass is 19.1. The Bertz CT molecular complexity index is 449. The fraction of sp³-hybridized carbons (Fsp3) is 0.333. The van der Waals surface area contributed by atoms with E-state index in [1.807, 2.05) is 0 Å². The van der Waals surface area contributed by atoms with Crippen LogP contribution in [0.5, 0.6) is 0 Å². The smallest absolute Gasteiger partial charge is 0.303 e. The maximum absolute atomic E-state index is 12.8. The SMILES string of the molecule is Nc1cc(F)ccc1NC(=O)CCCCC(=O)O. The van der Waals surface area contributed by atoms with Crippen LogP contribution in [0, 0.1) is 5.82 Å². The van der Waals surface area contributed by atoms with Gasteiger partial charge >= 0.3 is 5.97 Å². The number of carbonyl (C=O) groups is 2. The molecule has 0 radical (unpaired) electrons. The molecule has 0 bridgehead atoms. The van der Waals surface area contributed by atoms with E-state index >= 15 is 0 Å². The third kappa shape index (κ3) is 4.82. The van der Waals surface area contributed by atoms with E-state index in [2.05, 4.69) is 5.32 Å². The van der Waals surface area contributed by atoms with E-state index in [4.69, 9.17) is 10.8 Å². The summed E-state index contributed by atoms with van der Waals surface area (Å²) in [5, 5.41) is 11.0. The van der Waals surface area contributed by atoms with Gasteiger partial charge in [0.2, 0.25) is 5.91 Å². The van der Waals surface area contributed by atoms with Crippen LogP contribution in [-0.4, -0.2) is 17.0 Å². The van der Waals surface area contributed by atoms with Gasteiger partial charge in [0.25, 0.3) is 0 Å². The summed E-state index contributed by atoms with van der Waals surface area (Å²) >= 11 is 0. The molecule has 0 heterocycles. The fourth-order valence-corrected chi connectivity index (χ4v) is 1.42. The molecule has 1 amide bonds. The Labute approximate surface area is 104 Å². The number of halogens is 1. The fourth-order valence-electron chi connectivity index (χ4n) is 1.42. The van der Waals surface area contributed by atoms with Gasteiger partial charge in [-0.15, -0.1) is 0 Å². The number of hydrogen-bond acceptors (Lipinski definition) is 3. The first kappa shape index (κ1) is 14.0. The van der Waals surface area contributed by atoms with Crippen molar-refractivity contribution in [1.82, 2.24) is 0 Å². The van der Waals surface area contributed by atoms with Crippen LogP contribution in [-0.2, 0) is 9.59 Å². The molecule has 4 N–H and O–H groups in total. The van der Waals surface area contributed by atoms with Gasteiger partial charge < -0.3 is 16.2 Å². The average molecular weight is 254 g/mol. The molecule has 98 valence electrons. The molecule has 1 rings (SSSR count). The predicted octanol–water partition coefficient (Wildman–Crippen LogP) is 1.99. The number of carboxylic acid groups (broad SMARTS) is 1. The first-order valence-corrected chi connectivity index (χ1v) is 5.55. The molecule has 0 aromatic heterocycles. The van der Waals surface area contributed by atoms with E-state index in [1.54, 1.807) is 0 Å². The molecular formula is C12H15FN2O3. The van der Waals surface area contributed by atoms with Gasteiger partial charge in [-0.25, -0.2) is 4.39 Å². The number of nitrogen functional groups attached to an aromatic ring is 1. The number of carbonyl (C=O) groups excluding carboxylic acids is 1. The lowest BCUT2D eigenvalue weighted by Crippen LogP contribution is -2.12. The summed E-state index contributed by atoms with van der Waals surface area (Å²) in [5.74, 6) is -1.61. The lowest BCUT2D eigenvalue weighted by atomic mass is 10.2. The molecule has 1 aromatic rings. The van der Waals surface area contributed by atoms with Crippen molar-refractivity contribution in [3.63, 3.8) is 0 Å². The molecule has 18 heavy (non-hydrogen) atoms. The number of aliphatic carboxylic acids is 1. The number of anilines is 2. The van der Waals surface area contributed by atoms with Crippen LogP contribution in [0.2, 0.25) is 0 Å². The van der Waals surface area contributed by atoms with Crippen LogP contribution in [0.25, 0.3) is 0 Å². The van der Waals surface area contributed by atoms with Crippen molar-refractivity contribution in [3.05, 3.63) is 24.0 Å². The van der Waals surface area contributed by atoms with Crippen molar-refractivity contribution in [2.45, 2.75) is 25.7 Å². The van der Waals surface area contributed by atoms with Gasteiger partial charge in [0.15, 0.2) is 0 Å². The molecule has 0 unspecified atom stereocenters. The summed E-state index contributed by atoms with van der Waals surface area (Å²) in [6.07, 6.45) is 1.19. The molecule has 5 nitrogen and oxygen atoms in total. The Balaban J connectivity index is 2.38. The molecule has 0 spiro atoms. The van der Waals surface area contributed by atoms with Crippen molar-refractivity contribution >= 4 is 23.3 Å². The number of nitrogens with one attached hydrogen (secondary N) is 1. The Kier molecular flexibility index (Phi) is 5.10. The van der Waals surface area contributed by atoms with Gasteiger partial charge in [-0.05, 0) is 31.0 Å². The van der Waals surface area contributed by atoms with Gasteiger partial charge in [-0.3, -0.25) is 9.59 Å². The van der Waals surface area contributed by atoms with Crippen LogP contribution in [0.1, 0.15) is 25.7 Å². The molecule has 0 aliphatic rings. The van der Waals surface area contributed by atoms with Crippen molar-refractivity contribution < 1.29 is 19.1 Å². The minimum Gasteiger partial charge on any atom is -0.481 e. The zero-order chi connectivity index (χ0) is 13.5. The Morgan fingerprint density at radius 2 is 1.94 bits per heavy atom. The van der Waals surface area contributed by atoms with Gasteiger partial charge in [0.1, 0.15) is 5.82 Å². The van der Waals surface area contributed by atoms with Crippen LogP contribution in [0.4, 0.5) is 15.8 Å². The first-order chi connectivity index (χ1) is 8.49. The maximum Gasteiger partial charge on any atom is 0.303 e. The van der Waals surface area contributed by atoms with Gasteiger partial charge in [-0.2, -0.15) is 0 Å². The lowest BCUT2D eigenvalue weighted by molar-refractivity contribution is -0.137. The molecule has 0 atom stereocenters. The summed E-state index contributed by atoms with van der Waals surface area (Å²) in [6, 6.07) is 3.72. The molecule has 0 aliphatic carbocycles. The van der Waals surface area contributed by atoms with E-state index in [0.717, 1.165) is 6.07 Å². The number of hydrogen-bond donors (Lipinski definition) is 3. The molecule has 0 fully saturated rings. The highest BCUT2D eigenvalue weighted by Crippen LogP contribution is 2.19. The van der Waals surface area contributed by atoms with E-state index in [9.17, 15) is 14.0 Å². The zero-order valence-electron chi connectivity index (χ0n) is 9.78. The summed E-state index contributed by atoms with van der Waals surface area (Å²) in [4.78, 5) is 21.7. The monoisotopic (exact) mass is 254 g/mol. The quantitative estimate of drug-likeness (QED) is 0.534. The molecule has 1 aromatic carbocycles. The normalized spacial score (nSPS) is 10.1. The van der Waals surface area contributed by atoms with Crippen molar-refractivity contribution in [1.29, 1.82) is 0 Å². The largest absolute Gasteiger partial charge is 0.481 e. The molecule has 0 saturated carbocycles. The van der Waals surface area contributed by atoms with Crippen molar-refractivity contribution in [3.8, 4) is 0 Å². The highest BCUT2D eigenvalue weighted by Gasteiger charge is 2.06. The van der Waals surface area contributed by atoms with E-state index in [1.165, 1.54) is 12.1 Å². The molecular weight excluding hydrogens is 239 g/mol. The molecule has 0 saturated heterocycles. The number of nitrogens with two attached hydrogens (primary N) is 1. The lowest BCUT2D eigenvalue weighted by Gasteiger charge is -2.07. The van der Waals surface area contributed by atoms with Crippen LogP contribution >= 0.6 is 0 Å². The van der Waals surface area contributed by atoms with Crippen LogP contribution in [0.3, 0.4) is 0 Å². The predicted molar refractivity (Wildman–Crippen MR) is 65.5 cm³/mol. The van der Waals surface area contributed by atoms with Gasteiger partial charge in [0.05, 0.1) is 11.4 Å². The minimum atomic E-state index is -0.877. The standard InChI is InChI=1S/C12H15FN2O3/c13-8-5-6-10(9(14)7-8)15-11(16)3-1-2-4-12(17)18/h5-7H,1-4,14H2,(H,15,16)(H,17,18). The summed E-state index contributed by atoms with van der Waals surface area (Å²) < 4.78 is 12.8. The van der Waals surface area contributed by atoms with Gasteiger partial charge in [0, 0.05) is 12.8 Å². The second-order valence-corrected chi connectivity index (χ2v) is 3.88. The summed E-state index contributed by atoms with van der Waals surface area (Å²) in [7, 11) is 0. The Morgan fingerprint density at radius 3 is 2.56 bits per heavy atom. The number of rotatable bonds is 6. The summed E-state index contributed by atoms with van der Waals surface area (Å²) in [5.41, 5.74) is 6.05. The highest BCUT2D eigenvalue weighted by molar-refractivity contribution is 5.93. The van der Waals surface area contributed by atoms with E-state index in [0.29, 0.717) is 18.5 Å². The zero-order valence-corrected chi connectivity index (χ0v) is 9.78. The van der Waals surface area contributed by atoms with Crippen LogP contribution in [0.15, 0.2) is 18.2 Å². The molecule has 0 aliphatic heterocycles. The maximum atomic E-state index is 12.8. The topological polar surface area (TPSA) is 92.4 Å². The third-order valence-corrected chi connectivity index (χ3v) is 2.33. The third-order valence-electron chi connectivity index (χ3n) is 2.33. The molecule has 6 heteroatoms. The van der Waals surface area contributed by atoms with E-state index < -0.39 is 11.8 Å².